The highest BCUT2D eigenvalue weighted by Gasteiger charge is 2.29. The minimum Gasteiger partial charge on any atom is -0.381 e. The van der Waals surface area contributed by atoms with Gasteiger partial charge < -0.3 is 9.64 Å². The second kappa shape index (κ2) is 5.67. The molecular weight excluding hydrogens is 202 g/mol. The van der Waals surface area contributed by atoms with E-state index in [2.05, 4.69) is 11.8 Å². The second-order valence-electron chi connectivity index (χ2n) is 5.12. The summed E-state index contributed by atoms with van der Waals surface area (Å²) in [4.78, 5) is 14.5. The highest BCUT2D eigenvalue weighted by atomic mass is 16.5. The topological polar surface area (TPSA) is 29.5 Å². The molecule has 2 aliphatic rings. The molecule has 3 heteroatoms. The van der Waals surface area contributed by atoms with Crippen LogP contribution in [-0.4, -0.2) is 36.6 Å². The van der Waals surface area contributed by atoms with E-state index >= 15 is 0 Å². The summed E-state index contributed by atoms with van der Waals surface area (Å²) in [6, 6.07) is 0.442. The first-order chi connectivity index (χ1) is 7.79. The van der Waals surface area contributed by atoms with Crippen molar-refractivity contribution in [3.8, 4) is 0 Å². The van der Waals surface area contributed by atoms with E-state index in [9.17, 15) is 4.79 Å². The predicted molar refractivity (Wildman–Crippen MR) is 63.2 cm³/mol. The third-order valence-corrected chi connectivity index (χ3v) is 3.91. The number of hydrogen-bond donors (Lipinski definition) is 0. The minimum absolute atomic E-state index is 0.231. The van der Waals surface area contributed by atoms with Crippen molar-refractivity contribution in [1.29, 1.82) is 0 Å². The summed E-state index contributed by atoms with van der Waals surface area (Å²) < 4.78 is 5.32. The number of rotatable bonds is 1. The van der Waals surface area contributed by atoms with Crippen molar-refractivity contribution in [1.82, 2.24) is 4.90 Å². The molecule has 2 aliphatic heterocycles. The van der Waals surface area contributed by atoms with Gasteiger partial charge in [-0.05, 0) is 32.6 Å². The Morgan fingerprint density at radius 2 is 1.88 bits per heavy atom. The lowest BCUT2D eigenvalue weighted by Gasteiger charge is -2.32. The fraction of sp³-hybridized carbons (Fsp3) is 0.923. The standard InChI is InChI=1S/C13H23NO2/c1-11-5-3-2-4-8-14(11)13(15)12-6-9-16-10-7-12/h11-12H,2-10H2,1H3/t11-/m1/s1. The molecule has 0 aromatic heterocycles. The molecule has 0 bridgehead atoms. The summed E-state index contributed by atoms with van der Waals surface area (Å²) in [6.07, 6.45) is 6.75. The first-order valence-corrected chi connectivity index (χ1v) is 6.67. The van der Waals surface area contributed by atoms with Crippen LogP contribution in [0.25, 0.3) is 0 Å². The number of carbonyl (C=O) groups is 1. The van der Waals surface area contributed by atoms with Gasteiger partial charge in [-0.1, -0.05) is 12.8 Å². The third kappa shape index (κ3) is 2.76. The van der Waals surface area contributed by atoms with Crippen LogP contribution in [0, 0.1) is 5.92 Å². The molecular formula is C13H23NO2. The summed E-state index contributed by atoms with van der Waals surface area (Å²) >= 11 is 0. The molecule has 16 heavy (non-hydrogen) atoms. The van der Waals surface area contributed by atoms with Crippen LogP contribution in [0.3, 0.4) is 0 Å². The van der Waals surface area contributed by atoms with Crippen LogP contribution < -0.4 is 0 Å². The van der Waals surface area contributed by atoms with E-state index < -0.39 is 0 Å². The van der Waals surface area contributed by atoms with Gasteiger partial charge in [-0.2, -0.15) is 0 Å². The quantitative estimate of drug-likeness (QED) is 0.684. The van der Waals surface area contributed by atoms with Gasteiger partial charge in [0.05, 0.1) is 0 Å². The number of nitrogens with zero attached hydrogens (tertiary/aromatic N) is 1. The van der Waals surface area contributed by atoms with Crippen LogP contribution in [0.4, 0.5) is 0 Å². The average Bonchev–Trinajstić information content (AvgIpc) is 2.54. The van der Waals surface area contributed by atoms with Crippen molar-refractivity contribution in [3.05, 3.63) is 0 Å². The normalized spacial score (nSPS) is 28.8. The predicted octanol–water partition coefficient (Wildman–Crippen LogP) is 2.20. The van der Waals surface area contributed by atoms with Gasteiger partial charge in [-0.3, -0.25) is 4.79 Å². The van der Waals surface area contributed by atoms with Crippen molar-refractivity contribution in [2.45, 2.75) is 51.5 Å². The van der Waals surface area contributed by atoms with Crippen molar-refractivity contribution in [3.63, 3.8) is 0 Å². The number of amides is 1. The van der Waals surface area contributed by atoms with Crippen LogP contribution in [0.2, 0.25) is 0 Å². The van der Waals surface area contributed by atoms with Gasteiger partial charge in [0.25, 0.3) is 0 Å². The van der Waals surface area contributed by atoms with Crippen molar-refractivity contribution in [2.75, 3.05) is 19.8 Å². The van der Waals surface area contributed by atoms with E-state index in [1.54, 1.807) is 0 Å². The summed E-state index contributed by atoms with van der Waals surface area (Å²) in [5.74, 6) is 0.618. The number of hydrogen-bond acceptors (Lipinski definition) is 2. The lowest BCUT2D eigenvalue weighted by atomic mass is 9.97. The van der Waals surface area contributed by atoms with Gasteiger partial charge in [-0.25, -0.2) is 0 Å². The maximum absolute atomic E-state index is 12.4. The highest BCUT2D eigenvalue weighted by molar-refractivity contribution is 5.79. The molecule has 0 saturated carbocycles. The van der Waals surface area contributed by atoms with Crippen LogP contribution in [0.5, 0.6) is 0 Å². The first kappa shape index (κ1) is 11.9. The van der Waals surface area contributed by atoms with Crippen LogP contribution in [0.1, 0.15) is 45.4 Å². The van der Waals surface area contributed by atoms with Crippen LogP contribution >= 0.6 is 0 Å². The Morgan fingerprint density at radius 1 is 1.12 bits per heavy atom. The zero-order chi connectivity index (χ0) is 11.4. The zero-order valence-electron chi connectivity index (χ0n) is 10.3. The highest BCUT2D eigenvalue weighted by Crippen LogP contribution is 2.23. The molecule has 2 saturated heterocycles. The maximum Gasteiger partial charge on any atom is 0.226 e. The number of carbonyl (C=O) groups excluding carboxylic acids is 1. The maximum atomic E-state index is 12.4. The molecule has 0 N–H and O–H groups in total. The van der Waals surface area contributed by atoms with Crippen molar-refractivity contribution in [2.24, 2.45) is 5.92 Å². The van der Waals surface area contributed by atoms with Gasteiger partial charge in [0.1, 0.15) is 0 Å². The molecule has 2 heterocycles. The van der Waals surface area contributed by atoms with E-state index in [-0.39, 0.29) is 5.92 Å². The fourth-order valence-electron chi connectivity index (χ4n) is 2.78. The average molecular weight is 225 g/mol. The van der Waals surface area contributed by atoms with Gasteiger partial charge >= 0.3 is 0 Å². The van der Waals surface area contributed by atoms with Gasteiger partial charge in [-0.15, -0.1) is 0 Å². The van der Waals surface area contributed by atoms with Crippen LogP contribution in [0.15, 0.2) is 0 Å². The zero-order valence-corrected chi connectivity index (χ0v) is 10.3. The van der Waals surface area contributed by atoms with E-state index in [0.29, 0.717) is 11.9 Å². The summed E-state index contributed by atoms with van der Waals surface area (Å²) in [5.41, 5.74) is 0. The lowest BCUT2D eigenvalue weighted by Crippen LogP contribution is -2.43. The van der Waals surface area contributed by atoms with Gasteiger partial charge in [0.15, 0.2) is 0 Å². The Labute approximate surface area is 98.1 Å². The molecule has 0 aromatic carbocycles. The molecule has 2 fully saturated rings. The lowest BCUT2D eigenvalue weighted by molar-refractivity contribution is -0.140. The Kier molecular flexibility index (Phi) is 4.22. The summed E-state index contributed by atoms with van der Waals surface area (Å²) in [5, 5.41) is 0. The Hall–Kier alpha value is -0.570. The molecule has 0 aliphatic carbocycles. The molecule has 0 spiro atoms. The largest absolute Gasteiger partial charge is 0.381 e. The number of likely N-dealkylation sites (tertiary alicyclic amines) is 1. The van der Waals surface area contributed by atoms with E-state index in [1.165, 1.54) is 25.7 Å². The first-order valence-electron chi connectivity index (χ1n) is 6.67. The van der Waals surface area contributed by atoms with Gasteiger partial charge in [0, 0.05) is 31.7 Å². The third-order valence-electron chi connectivity index (χ3n) is 3.91. The molecule has 1 atom stereocenters. The smallest absolute Gasteiger partial charge is 0.226 e. The SMILES string of the molecule is C[C@@H]1CCCCCN1C(=O)C1CCOCC1. The molecule has 0 unspecified atom stereocenters. The molecule has 0 aromatic rings. The Balaban J connectivity index is 1.95. The van der Waals surface area contributed by atoms with Crippen molar-refractivity contribution >= 4 is 5.91 Å². The monoisotopic (exact) mass is 225 g/mol. The summed E-state index contributed by atoms with van der Waals surface area (Å²) in [7, 11) is 0. The van der Waals surface area contributed by atoms with E-state index in [4.69, 9.17) is 4.74 Å². The molecule has 2 rings (SSSR count). The molecule has 0 radical (unpaired) electrons. The molecule has 1 amide bonds. The van der Waals surface area contributed by atoms with Gasteiger partial charge in [0.2, 0.25) is 5.91 Å². The number of ether oxygens (including phenoxy) is 1. The second-order valence-corrected chi connectivity index (χ2v) is 5.12. The summed E-state index contributed by atoms with van der Waals surface area (Å²) in [6.45, 7) is 4.69. The Bertz CT molecular complexity index is 236. The van der Waals surface area contributed by atoms with Crippen LogP contribution in [-0.2, 0) is 9.53 Å². The van der Waals surface area contributed by atoms with Crippen molar-refractivity contribution < 1.29 is 9.53 Å². The molecule has 92 valence electrons. The minimum atomic E-state index is 0.231. The fourth-order valence-corrected chi connectivity index (χ4v) is 2.78. The Morgan fingerprint density at radius 3 is 2.62 bits per heavy atom. The molecule has 3 nitrogen and oxygen atoms in total. The van der Waals surface area contributed by atoms with E-state index in [1.807, 2.05) is 0 Å². The van der Waals surface area contributed by atoms with E-state index in [0.717, 1.165) is 32.6 Å².